The standard InChI is InChI=1S/C11H14N6/c1-17-6-7(5-13-17)9-4-10(14-8-2-3-8)16-11(12)15-9/h4-6,8H,2-3H2,1H3,(H3,12,14,15,16). The van der Waals surface area contributed by atoms with Gasteiger partial charge < -0.3 is 11.1 Å². The molecular formula is C11H14N6. The second-order valence-electron chi connectivity index (χ2n) is 4.32. The molecule has 3 N–H and O–H groups in total. The number of hydrogen-bond donors (Lipinski definition) is 2. The summed E-state index contributed by atoms with van der Waals surface area (Å²) in [6.45, 7) is 0. The number of anilines is 2. The first kappa shape index (κ1) is 10.1. The summed E-state index contributed by atoms with van der Waals surface area (Å²) in [5.41, 5.74) is 7.45. The lowest BCUT2D eigenvalue weighted by molar-refractivity contribution is 0.768. The van der Waals surface area contributed by atoms with E-state index in [0.29, 0.717) is 6.04 Å². The Morgan fingerprint density at radius 1 is 1.41 bits per heavy atom. The fraction of sp³-hybridized carbons (Fsp3) is 0.364. The quantitative estimate of drug-likeness (QED) is 0.823. The molecule has 0 spiro atoms. The molecule has 1 aliphatic carbocycles. The maximum Gasteiger partial charge on any atom is 0.222 e. The van der Waals surface area contributed by atoms with Crippen LogP contribution < -0.4 is 11.1 Å². The highest BCUT2D eigenvalue weighted by Crippen LogP contribution is 2.26. The third-order valence-corrected chi connectivity index (χ3v) is 2.67. The number of rotatable bonds is 3. The SMILES string of the molecule is Cn1cc(-c2cc(NC3CC3)nc(N)n2)cn1. The molecule has 1 fully saturated rings. The highest BCUT2D eigenvalue weighted by atomic mass is 15.2. The van der Waals surface area contributed by atoms with Crippen molar-refractivity contribution in [1.82, 2.24) is 19.7 Å². The lowest BCUT2D eigenvalue weighted by atomic mass is 10.2. The molecule has 6 nitrogen and oxygen atoms in total. The van der Waals surface area contributed by atoms with Crippen molar-refractivity contribution < 1.29 is 0 Å². The summed E-state index contributed by atoms with van der Waals surface area (Å²) in [6.07, 6.45) is 6.07. The smallest absolute Gasteiger partial charge is 0.222 e. The van der Waals surface area contributed by atoms with Crippen molar-refractivity contribution in [3.8, 4) is 11.3 Å². The zero-order valence-corrected chi connectivity index (χ0v) is 9.59. The minimum Gasteiger partial charge on any atom is -0.368 e. The molecule has 0 aromatic carbocycles. The van der Waals surface area contributed by atoms with E-state index in [1.807, 2.05) is 19.3 Å². The Kier molecular flexibility index (Phi) is 2.21. The van der Waals surface area contributed by atoms with Crippen molar-refractivity contribution in [2.45, 2.75) is 18.9 Å². The molecule has 88 valence electrons. The van der Waals surface area contributed by atoms with Gasteiger partial charge in [0.2, 0.25) is 5.95 Å². The van der Waals surface area contributed by atoms with Gasteiger partial charge >= 0.3 is 0 Å². The number of aromatic nitrogens is 4. The van der Waals surface area contributed by atoms with Crippen LogP contribution in [0.25, 0.3) is 11.3 Å². The van der Waals surface area contributed by atoms with Crippen LogP contribution in [0.1, 0.15) is 12.8 Å². The molecule has 6 heteroatoms. The van der Waals surface area contributed by atoms with Gasteiger partial charge in [0.25, 0.3) is 0 Å². The second-order valence-corrected chi connectivity index (χ2v) is 4.32. The number of nitrogens with one attached hydrogen (secondary N) is 1. The minimum absolute atomic E-state index is 0.287. The summed E-state index contributed by atoms with van der Waals surface area (Å²) in [4.78, 5) is 8.39. The van der Waals surface area contributed by atoms with E-state index in [2.05, 4.69) is 20.4 Å². The molecule has 0 unspecified atom stereocenters. The minimum atomic E-state index is 0.287. The van der Waals surface area contributed by atoms with E-state index in [9.17, 15) is 0 Å². The molecule has 0 atom stereocenters. The van der Waals surface area contributed by atoms with Gasteiger partial charge in [-0.05, 0) is 12.8 Å². The van der Waals surface area contributed by atoms with E-state index in [1.165, 1.54) is 12.8 Å². The Labute approximate surface area is 98.9 Å². The first-order chi connectivity index (χ1) is 8.20. The maximum absolute atomic E-state index is 5.71. The fourth-order valence-corrected chi connectivity index (χ4v) is 1.68. The normalized spacial score (nSPS) is 14.9. The summed E-state index contributed by atoms with van der Waals surface area (Å²) in [7, 11) is 1.87. The predicted molar refractivity (Wildman–Crippen MR) is 65.3 cm³/mol. The van der Waals surface area contributed by atoms with E-state index in [-0.39, 0.29) is 5.95 Å². The number of nitrogens with two attached hydrogens (primary N) is 1. The van der Waals surface area contributed by atoms with Gasteiger partial charge in [0, 0.05) is 30.9 Å². The van der Waals surface area contributed by atoms with Gasteiger partial charge in [-0.25, -0.2) is 4.98 Å². The summed E-state index contributed by atoms with van der Waals surface area (Å²) < 4.78 is 1.74. The molecule has 0 radical (unpaired) electrons. The van der Waals surface area contributed by atoms with Crippen molar-refractivity contribution in [3.63, 3.8) is 0 Å². The molecule has 1 aliphatic rings. The Hall–Kier alpha value is -2.11. The molecule has 0 bridgehead atoms. The van der Waals surface area contributed by atoms with Crippen molar-refractivity contribution in [2.75, 3.05) is 11.1 Å². The number of hydrogen-bond acceptors (Lipinski definition) is 5. The Bertz CT molecular complexity index is 543. The van der Waals surface area contributed by atoms with Crippen LogP contribution in [-0.2, 0) is 7.05 Å². The van der Waals surface area contributed by atoms with E-state index >= 15 is 0 Å². The van der Waals surface area contributed by atoms with Crippen LogP contribution in [0.5, 0.6) is 0 Å². The molecule has 0 saturated heterocycles. The third-order valence-electron chi connectivity index (χ3n) is 2.67. The van der Waals surface area contributed by atoms with Gasteiger partial charge in [-0.15, -0.1) is 0 Å². The average molecular weight is 230 g/mol. The van der Waals surface area contributed by atoms with Gasteiger partial charge in [-0.1, -0.05) is 0 Å². The summed E-state index contributed by atoms with van der Waals surface area (Å²) in [6, 6.07) is 2.46. The summed E-state index contributed by atoms with van der Waals surface area (Å²) in [5, 5.41) is 7.44. The van der Waals surface area contributed by atoms with Crippen LogP contribution in [0, 0.1) is 0 Å². The van der Waals surface area contributed by atoms with Crippen LogP contribution >= 0.6 is 0 Å². The van der Waals surface area contributed by atoms with Crippen LogP contribution in [0.2, 0.25) is 0 Å². The molecule has 3 rings (SSSR count). The topological polar surface area (TPSA) is 81.7 Å². The molecule has 2 aromatic rings. The fourth-order valence-electron chi connectivity index (χ4n) is 1.68. The van der Waals surface area contributed by atoms with E-state index in [4.69, 9.17) is 5.73 Å². The van der Waals surface area contributed by atoms with Crippen molar-refractivity contribution in [3.05, 3.63) is 18.5 Å². The molecule has 2 aromatic heterocycles. The van der Waals surface area contributed by atoms with Crippen molar-refractivity contribution >= 4 is 11.8 Å². The number of aryl methyl sites for hydroxylation is 1. The van der Waals surface area contributed by atoms with Crippen LogP contribution in [-0.4, -0.2) is 25.8 Å². The highest BCUT2D eigenvalue weighted by Gasteiger charge is 2.21. The van der Waals surface area contributed by atoms with E-state index in [1.54, 1.807) is 10.9 Å². The predicted octanol–water partition coefficient (Wildman–Crippen LogP) is 1.03. The third kappa shape index (κ3) is 2.20. The maximum atomic E-state index is 5.71. The van der Waals surface area contributed by atoms with Crippen molar-refractivity contribution in [1.29, 1.82) is 0 Å². The second kappa shape index (κ2) is 3.73. The summed E-state index contributed by atoms with van der Waals surface area (Å²) in [5.74, 6) is 1.08. The van der Waals surface area contributed by atoms with E-state index in [0.717, 1.165) is 17.1 Å². The first-order valence-electron chi connectivity index (χ1n) is 5.61. The zero-order valence-electron chi connectivity index (χ0n) is 9.59. The lowest BCUT2D eigenvalue weighted by Gasteiger charge is -2.06. The Morgan fingerprint density at radius 3 is 2.88 bits per heavy atom. The number of nitrogen functional groups attached to an aromatic ring is 1. The first-order valence-corrected chi connectivity index (χ1v) is 5.61. The highest BCUT2D eigenvalue weighted by molar-refractivity contribution is 5.62. The molecule has 17 heavy (non-hydrogen) atoms. The largest absolute Gasteiger partial charge is 0.368 e. The zero-order chi connectivity index (χ0) is 11.8. The molecular weight excluding hydrogens is 216 g/mol. The van der Waals surface area contributed by atoms with Gasteiger partial charge in [0.15, 0.2) is 0 Å². The monoisotopic (exact) mass is 230 g/mol. The number of nitrogens with zero attached hydrogens (tertiary/aromatic N) is 4. The van der Waals surface area contributed by atoms with Crippen molar-refractivity contribution in [2.24, 2.45) is 7.05 Å². The average Bonchev–Trinajstić information content (AvgIpc) is 2.97. The van der Waals surface area contributed by atoms with Crippen LogP contribution in [0.3, 0.4) is 0 Å². The Morgan fingerprint density at radius 2 is 2.24 bits per heavy atom. The van der Waals surface area contributed by atoms with Gasteiger partial charge in [0.1, 0.15) is 5.82 Å². The Balaban J connectivity index is 1.95. The van der Waals surface area contributed by atoms with Gasteiger partial charge in [-0.2, -0.15) is 10.1 Å². The van der Waals surface area contributed by atoms with Gasteiger partial charge in [0.05, 0.1) is 11.9 Å². The van der Waals surface area contributed by atoms with Gasteiger partial charge in [-0.3, -0.25) is 4.68 Å². The van der Waals surface area contributed by atoms with Crippen LogP contribution in [0.4, 0.5) is 11.8 Å². The summed E-state index contributed by atoms with van der Waals surface area (Å²) >= 11 is 0. The molecule has 0 amide bonds. The molecule has 1 saturated carbocycles. The molecule has 0 aliphatic heterocycles. The van der Waals surface area contributed by atoms with E-state index < -0.39 is 0 Å². The van der Waals surface area contributed by atoms with Crippen LogP contribution in [0.15, 0.2) is 18.5 Å². The lowest BCUT2D eigenvalue weighted by Crippen LogP contribution is -2.06. The molecule has 2 heterocycles.